The number of rotatable bonds is 7. The third kappa shape index (κ3) is 6.28. The lowest BCUT2D eigenvalue weighted by Crippen LogP contribution is -2.19. The number of hydrogen-bond donors (Lipinski definition) is 2. The van der Waals surface area contributed by atoms with Gasteiger partial charge in [0.2, 0.25) is 5.91 Å². The van der Waals surface area contributed by atoms with Gasteiger partial charge in [-0.2, -0.15) is 0 Å². The van der Waals surface area contributed by atoms with E-state index < -0.39 is 5.25 Å². The van der Waals surface area contributed by atoms with Crippen molar-refractivity contribution in [2.45, 2.75) is 17.1 Å². The van der Waals surface area contributed by atoms with Crippen LogP contribution in [0.3, 0.4) is 0 Å². The van der Waals surface area contributed by atoms with Crippen molar-refractivity contribution in [2.24, 2.45) is 0 Å². The Morgan fingerprint density at radius 3 is 2.21 bits per heavy atom. The van der Waals surface area contributed by atoms with Crippen molar-refractivity contribution < 1.29 is 9.59 Å². The maximum atomic E-state index is 13.3. The van der Waals surface area contributed by atoms with Crippen LogP contribution in [0.1, 0.15) is 26.7 Å². The molecule has 4 rings (SSSR count). The van der Waals surface area contributed by atoms with Crippen LogP contribution in [0.2, 0.25) is 5.02 Å². The molecule has 0 aliphatic heterocycles. The largest absolute Gasteiger partial charge is 0.325 e. The van der Waals surface area contributed by atoms with Gasteiger partial charge >= 0.3 is 0 Å². The quantitative estimate of drug-likeness (QED) is 0.268. The topological polar surface area (TPSA) is 58.2 Å². The lowest BCUT2D eigenvalue weighted by molar-refractivity contribution is -0.115. The number of amides is 2. The molecule has 0 bridgehead atoms. The Hall–Kier alpha value is -3.54. The highest BCUT2D eigenvalue weighted by molar-refractivity contribution is 8.00. The van der Waals surface area contributed by atoms with Gasteiger partial charge in [-0.25, -0.2) is 0 Å². The van der Waals surface area contributed by atoms with E-state index in [1.165, 1.54) is 11.8 Å². The molecule has 0 saturated heterocycles. The molecular weight excluding hydrogens is 464 g/mol. The van der Waals surface area contributed by atoms with Crippen LogP contribution < -0.4 is 10.6 Å². The SMILES string of the molecule is Cc1cccc(NC(=O)C(Sc2cccc(NC(=O)c3cccc(Cl)c3)c2)c2ccccc2)c1. The van der Waals surface area contributed by atoms with E-state index in [0.717, 1.165) is 21.7 Å². The van der Waals surface area contributed by atoms with Crippen LogP contribution in [-0.4, -0.2) is 11.8 Å². The molecule has 6 heteroatoms. The Bertz CT molecular complexity index is 1310. The molecule has 2 N–H and O–H groups in total. The molecular formula is C28H23ClN2O2S. The van der Waals surface area contributed by atoms with E-state index >= 15 is 0 Å². The van der Waals surface area contributed by atoms with Crippen molar-refractivity contribution in [3.05, 3.63) is 125 Å². The number of nitrogens with one attached hydrogen (secondary N) is 2. The minimum absolute atomic E-state index is 0.116. The number of carbonyl (C=O) groups is 2. The molecule has 0 aromatic heterocycles. The van der Waals surface area contributed by atoms with Crippen LogP contribution >= 0.6 is 23.4 Å². The van der Waals surface area contributed by atoms with E-state index in [2.05, 4.69) is 10.6 Å². The van der Waals surface area contributed by atoms with E-state index in [1.807, 2.05) is 85.8 Å². The highest BCUT2D eigenvalue weighted by atomic mass is 35.5. The van der Waals surface area contributed by atoms with Gasteiger partial charge in [0.15, 0.2) is 0 Å². The average molecular weight is 487 g/mol. The molecule has 34 heavy (non-hydrogen) atoms. The minimum Gasteiger partial charge on any atom is -0.325 e. The molecule has 0 saturated carbocycles. The molecule has 2 amide bonds. The zero-order chi connectivity index (χ0) is 23.9. The lowest BCUT2D eigenvalue weighted by Gasteiger charge is -2.18. The number of aryl methyl sites for hydroxylation is 1. The summed E-state index contributed by atoms with van der Waals surface area (Å²) in [7, 11) is 0. The van der Waals surface area contributed by atoms with Crippen LogP contribution in [-0.2, 0) is 4.79 Å². The molecule has 0 aliphatic rings. The molecule has 0 radical (unpaired) electrons. The molecule has 0 fully saturated rings. The summed E-state index contributed by atoms with van der Waals surface area (Å²) in [4.78, 5) is 26.8. The highest BCUT2D eigenvalue weighted by Crippen LogP contribution is 2.37. The Morgan fingerprint density at radius 1 is 0.765 bits per heavy atom. The summed E-state index contributed by atoms with van der Waals surface area (Å²) in [5.41, 5.74) is 3.84. The second-order valence-electron chi connectivity index (χ2n) is 7.76. The number of anilines is 2. The van der Waals surface area contributed by atoms with E-state index in [-0.39, 0.29) is 11.8 Å². The normalized spacial score (nSPS) is 11.5. The lowest BCUT2D eigenvalue weighted by atomic mass is 10.1. The van der Waals surface area contributed by atoms with E-state index in [4.69, 9.17) is 11.6 Å². The van der Waals surface area contributed by atoms with E-state index in [0.29, 0.717) is 16.3 Å². The second kappa shape index (κ2) is 11.1. The Morgan fingerprint density at radius 2 is 1.47 bits per heavy atom. The van der Waals surface area contributed by atoms with Crippen LogP contribution in [0.15, 0.2) is 108 Å². The van der Waals surface area contributed by atoms with Crippen molar-refractivity contribution in [3.8, 4) is 0 Å². The van der Waals surface area contributed by atoms with Crippen LogP contribution in [0.4, 0.5) is 11.4 Å². The van der Waals surface area contributed by atoms with Gasteiger partial charge in [-0.15, -0.1) is 11.8 Å². The van der Waals surface area contributed by atoms with Gasteiger partial charge in [-0.3, -0.25) is 9.59 Å². The summed E-state index contributed by atoms with van der Waals surface area (Å²) >= 11 is 7.44. The maximum Gasteiger partial charge on any atom is 0.255 e. The van der Waals surface area contributed by atoms with Gasteiger partial charge in [0.25, 0.3) is 5.91 Å². The smallest absolute Gasteiger partial charge is 0.255 e. The third-order valence-electron chi connectivity index (χ3n) is 5.06. The average Bonchev–Trinajstić information content (AvgIpc) is 2.83. The van der Waals surface area contributed by atoms with Crippen molar-refractivity contribution in [3.63, 3.8) is 0 Å². The standard InChI is InChI=1S/C28H23ClN2O2S/c1-19-8-5-13-23(16-19)31-28(33)26(20-9-3-2-4-10-20)34-25-15-7-14-24(18-25)30-27(32)21-11-6-12-22(29)17-21/h2-18,26H,1H3,(H,30,32)(H,31,33). The van der Waals surface area contributed by atoms with Gasteiger partial charge in [0.1, 0.15) is 5.25 Å². The molecule has 170 valence electrons. The highest BCUT2D eigenvalue weighted by Gasteiger charge is 2.22. The predicted molar refractivity (Wildman–Crippen MR) is 141 cm³/mol. The predicted octanol–water partition coefficient (Wildman–Crippen LogP) is 7.37. The van der Waals surface area contributed by atoms with Crippen LogP contribution in [0.5, 0.6) is 0 Å². The van der Waals surface area contributed by atoms with Crippen LogP contribution in [0, 0.1) is 6.92 Å². The Kier molecular flexibility index (Phi) is 7.68. The van der Waals surface area contributed by atoms with Gasteiger partial charge in [0, 0.05) is 26.9 Å². The first-order valence-corrected chi connectivity index (χ1v) is 12.0. The minimum atomic E-state index is -0.472. The second-order valence-corrected chi connectivity index (χ2v) is 9.37. The third-order valence-corrected chi connectivity index (χ3v) is 6.54. The fourth-order valence-corrected chi connectivity index (χ4v) is 4.72. The summed E-state index contributed by atoms with van der Waals surface area (Å²) in [6, 6.07) is 31.6. The maximum absolute atomic E-state index is 13.3. The number of thioether (sulfide) groups is 1. The molecule has 0 spiro atoms. The van der Waals surface area contributed by atoms with Crippen molar-refractivity contribution in [2.75, 3.05) is 10.6 Å². The fraction of sp³-hybridized carbons (Fsp3) is 0.0714. The van der Waals surface area contributed by atoms with Gasteiger partial charge in [-0.1, -0.05) is 66.2 Å². The van der Waals surface area contributed by atoms with Gasteiger partial charge in [-0.05, 0) is 66.6 Å². The number of benzene rings is 4. The summed E-state index contributed by atoms with van der Waals surface area (Å²) < 4.78 is 0. The molecule has 1 unspecified atom stereocenters. The first-order valence-electron chi connectivity index (χ1n) is 10.7. The van der Waals surface area contributed by atoms with Crippen molar-refractivity contribution in [1.82, 2.24) is 0 Å². The number of hydrogen-bond acceptors (Lipinski definition) is 3. The van der Waals surface area contributed by atoms with E-state index in [1.54, 1.807) is 24.3 Å². The summed E-state index contributed by atoms with van der Waals surface area (Å²) in [5, 5.41) is 5.97. The Labute approximate surface area is 208 Å². The van der Waals surface area contributed by atoms with Crippen LogP contribution in [0.25, 0.3) is 0 Å². The number of carbonyl (C=O) groups excluding carboxylic acids is 2. The number of halogens is 1. The molecule has 1 atom stereocenters. The first-order chi connectivity index (χ1) is 16.5. The molecule has 4 aromatic rings. The summed E-state index contributed by atoms with van der Waals surface area (Å²) in [6.07, 6.45) is 0. The van der Waals surface area contributed by atoms with Gasteiger partial charge in [0.05, 0.1) is 0 Å². The zero-order valence-electron chi connectivity index (χ0n) is 18.5. The monoisotopic (exact) mass is 486 g/mol. The molecule has 0 heterocycles. The molecule has 0 aliphatic carbocycles. The fourth-order valence-electron chi connectivity index (χ4n) is 3.45. The Balaban J connectivity index is 1.54. The summed E-state index contributed by atoms with van der Waals surface area (Å²) in [5.74, 6) is -0.364. The van der Waals surface area contributed by atoms with Gasteiger partial charge < -0.3 is 10.6 Å². The van der Waals surface area contributed by atoms with Crippen molar-refractivity contribution >= 4 is 46.6 Å². The van der Waals surface area contributed by atoms with E-state index in [9.17, 15) is 9.59 Å². The summed E-state index contributed by atoms with van der Waals surface area (Å²) in [6.45, 7) is 1.99. The molecule has 4 aromatic carbocycles. The molecule has 4 nitrogen and oxygen atoms in total. The zero-order valence-corrected chi connectivity index (χ0v) is 20.1. The first kappa shape index (κ1) is 23.6. The van der Waals surface area contributed by atoms with Crippen molar-refractivity contribution in [1.29, 1.82) is 0 Å².